The summed E-state index contributed by atoms with van der Waals surface area (Å²) in [7, 11) is 1.51. The molecule has 2 aromatic rings. The predicted molar refractivity (Wildman–Crippen MR) is 65.0 cm³/mol. The number of hydrogen-bond acceptors (Lipinski definition) is 5. The van der Waals surface area contributed by atoms with Crippen molar-refractivity contribution in [3.8, 4) is 5.75 Å². The molecule has 0 atom stereocenters. The summed E-state index contributed by atoms with van der Waals surface area (Å²) in [5, 5.41) is 0.392. The number of methoxy groups -OCH3 is 1. The Morgan fingerprint density at radius 2 is 2.11 bits per heavy atom. The lowest BCUT2D eigenvalue weighted by Crippen LogP contribution is -2.09. The van der Waals surface area contributed by atoms with Crippen LogP contribution >= 0.6 is 0 Å². The molecular formula is C13H12O5. The van der Waals surface area contributed by atoms with Crippen LogP contribution in [0, 0.1) is 0 Å². The van der Waals surface area contributed by atoms with E-state index in [9.17, 15) is 9.59 Å². The molecule has 0 spiro atoms. The third-order valence-corrected chi connectivity index (χ3v) is 2.41. The van der Waals surface area contributed by atoms with Crippen LogP contribution in [0.4, 0.5) is 0 Å². The van der Waals surface area contributed by atoms with Crippen LogP contribution in [-0.4, -0.2) is 19.7 Å². The molecule has 0 radical (unpaired) electrons. The molecule has 1 heterocycles. The van der Waals surface area contributed by atoms with Crippen molar-refractivity contribution in [1.29, 1.82) is 0 Å². The highest BCUT2D eigenvalue weighted by Crippen LogP contribution is 2.19. The zero-order valence-corrected chi connectivity index (χ0v) is 10.1. The van der Waals surface area contributed by atoms with Crippen molar-refractivity contribution in [1.82, 2.24) is 0 Å². The third kappa shape index (κ3) is 2.20. The molecule has 0 N–H and O–H groups in total. The number of carbonyl (C=O) groups excluding carboxylic acids is 1. The number of esters is 1. The van der Waals surface area contributed by atoms with Crippen molar-refractivity contribution in [2.24, 2.45) is 0 Å². The number of carbonyl (C=O) groups is 1. The zero-order valence-electron chi connectivity index (χ0n) is 10.1. The highest BCUT2D eigenvalue weighted by atomic mass is 16.5. The lowest BCUT2D eigenvalue weighted by molar-refractivity contribution is 0.0490. The third-order valence-electron chi connectivity index (χ3n) is 2.41. The molecule has 0 saturated carbocycles. The number of fused-ring (bicyclic) bond motifs is 1. The molecule has 0 aliphatic heterocycles. The van der Waals surface area contributed by atoms with Gasteiger partial charge >= 0.3 is 5.97 Å². The lowest BCUT2D eigenvalue weighted by Gasteiger charge is -2.04. The predicted octanol–water partition coefficient (Wildman–Crippen LogP) is 1.98. The molecule has 94 valence electrons. The summed E-state index contributed by atoms with van der Waals surface area (Å²) < 4.78 is 15.2. The number of hydrogen-bond donors (Lipinski definition) is 0. The van der Waals surface area contributed by atoms with Crippen molar-refractivity contribution >= 4 is 16.9 Å². The van der Waals surface area contributed by atoms with E-state index >= 15 is 0 Å². The largest absolute Gasteiger partial charge is 0.497 e. The molecule has 0 amide bonds. The monoisotopic (exact) mass is 248 g/mol. The van der Waals surface area contributed by atoms with Crippen molar-refractivity contribution in [2.45, 2.75) is 6.92 Å². The van der Waals surface area contributed by atoms with Crippen LogP contribution in [0.25, 0.3) is 11.0 Å². The smallest absolute Gasteiger partial charge is 0.374 e. The van der Waals surface area contributed by atoms with Crippen molar-refractivity contribution in [3.63, 3.8) is 0 Å². The first-order chi connectivity index (χ1) is 8.65. The van der Waals surface area contributed by atoms with E-state index in [1.807, 2.05) is 0 Å². The van der Waals surface area contributed by atoms with Crippen LogP contribution in [0.3, 0.4) is 0 Å². The van der Waals surface area contributed by atoms with Crippen LogP contribution in [0.1, 0.15) is 17.5 Å². The molecule has 1 aromatic heterocycles. The molecular weight excluding hydrogens is 236 g/mol. The maximum Gasteiger partial charge on any atom is 0.374 e. The molecule has 5 nitrogen and oxygen atoms in total. The van der Waals surface area contributed by atoms with Crippen LogP contribution < -0.4 is 10.2 Å². The molecule has 0 aliphatic rings. The summed E-state index contributed by atoms with van der Waals surface area (Å²) in [6.07, 6.45) is 0. The van der Waals surface area contributed by atoms with Gasteiger partial charge in [-0.1, -0.05) is 0 Å². The summed E-state index contributed by atoms with van der Waals surface area (Å²) in [6, 6.07) is 5.94. The first-order valence-corrected chi connectivity index (χ1v) is 5.44. The van der Waals surface area contributed by atoms with Crippen molar-refractivity contribution in [2.75, 3.05) is 13.7 Å². The van der Waals surface area contributed by atoms with Gasteiger partial charge in [-0.25, -0.2) is 4.79 Å². The van der Waals surface area contributed by atoms with Gasteiger partial charge in [0.25, 0.3) is 0 Å². The topological polar surface area (TPSA) is 65.7 Å². The fourth-order valence-electron chi connectivity index (χ4n) is 1.57. The van der Waals surface area contributed by atoms with Crippen LogP contribution in [0.15, 0.2) is 33.5 Å². The van der Waals surface area contributed by atoms with E-state index in [1.165, 1.54) is 7.11 Å². The second-order valence-corrected chi connectivity index (χ2v) is 3.56. The normalized spacial score (nSPS) is 10.3. The second kappa shape index (κ2) is 4.91. The molecule has 5 heteroatoms. The van der Waals surface area contributed by atoms with Gasteiger partial charge in [-0.3, -0.25) is 4.79 Å². The van der Waals surface area contributed by atoms with Gasteiger partial charge in [-0.15, -0.1) is 0 Å². The Hall–Kier alpha value is -2.30. The first kappa shape index (κ1) is 12.2. The summed E-state index contributed by atoms with van der Waals surface area (Å²) in [6.45, 7) is 1.90. The van der Waals surface area contributed by atoms with Gasteiger partial charge in [0, 0.05) is 12.1 Å². The van der Waals surface area contributed by atoms with E-state index in [0.717, 1.165) is 6.07 Å². The Balaban J connectivity index is 2.59. The minimum absolute atomic E-state index is 0.109. The van der Waals surface area contributed by atoms with Gasteiger partial charge in [0.2, 0.25) is 5.76 Å². The van der Waals surface area contributed by atoms with Gasteiger partial charge in [0.1, 0.15) is 11.3 Å². The van der Waals surface area contributed by atoms with Crippen molar-refractivity contribution in [3.05, 3.63) is 40.2 Å². The van der Waals surface area contributed by atoms with Gasteiger partial charge < -0.3 is 13.9 Å². The van der Waals surface area contributed by atoms with Gasteiger partial charge in [-0.2, -0.15) is 0 Å². The number of rotatable bonds is 3. The molecule has 0 fully saturated rings. The lowest BCUT2D eigenvalue weighted by atomic mass is 10.2. The van der Waals surface area contributed by atoms with Crippen LogP contribution in [-0.2, 0) is 4.74 Å². The highest BCUT2D eigenvalue weighted by Gasteiger charge is 2.13. The fraction of sp³-hybridized carbons (Fsp3) is 0.231. The summed E-state index contributed by atoms with van der Waals surface area (Å²) in [4.78, 5) is 23.3. The molecule has 1 aromatic carbocycles. The van der Waals surface area contributed by atoms with E-state index < -0.39 is 5.97 Å². The molecule has 2 rings (SSSR count). The fourth-order valence-corrected chi connectivity index (χ4v) is 1.57. The Labute approximate surface area is 103 Å². The van der Waals surface area contributed by atoms with Gasteiger partial charge in [0.05, 0.1) is 19.1 Å². The van der Waals surface area contributed by atoms with E-state index in [-0.39, 0.29) is 17.8 Å². The second-order valence-electron chi connectivity index (χ2n) is 3.56. The maximum atomic E-state index is 11.8. The minimum Gasteiger partial charge on any atom is -0.497 e. The van der Waals surface area contributed by atoms with Gasteiger partial charge in [0.15, 0.2) is 5.43 Å². The molecule has 0 saturated heterocycles. The van der Waals surface area contributed by atoms with Crippen LogP contribution in [0.2, 0.25) is 0 Å². The average Bonchev–Trinajstić information content (AvgIpc) is 2.38. The Morgan fingerprint density at radius 3 is 2.78 bits per heavy atom. The molecule has 0 unspecified atom stereocenters. The molecule has 0 aliphatic carbocycles. The molecule has 18 heavy (non-hydrogen) atoms. The first-order valence-electron chi connectivity index (χ1n) is 5.44. The minimum atomic E-state index is -0.653. The Kier molecular flexibility index (Phi) is 3.32. The number of benzene rings is 1. The summed E-state index contributed by atoms with van der Waals surface area (Å²) in [5.41, 5.74) is 0.00635. The highest BCUT2D eigenvalue weighted by molar-refractivity contribution is 5.89. The Morgan fingerprint density at radius 1 is 1.33 bits per heavy atom. The average molecular weight is 248 g/mol. The SMILES string of the molecule is CCOC(=O)c1cc(=O)c2ccc(OC)cc2o1. The standard InChI is InChI=1S/C13H12O5/c1-3-17-13(15)12-7-10(14)9-5-4-8(16-2)6-11(9)18-12/h4-7H,3H2,1-2H3. The van der Waals surface area contributed by atoms with Crippen molar-refractivity contribution < 1.29 is 18.7 Å². The summed E-state index contributed by atoms with van der Waals surface area (Å²) in [5.74, 6) is -0.214. The van der Waals surface area contributed by atoms with E-state index in [0.29, 0.717) is 16.7 Å². The van der Waals surface area contributed by atoms with Crippen LogP contribution in [0.5, 0.6) is 5.75 Å². The number of ether oxygens (including phenoxy) is 2. The summed E-state index contributed by atoms with van der Waals surface area (Å²) >= 11 is 0. The van der Waals surface area contributed by atoms with Gasteiger partial charge in [-0.05, 0) is 19.1 Å². The Bertz CT molecular complexity index is 641. The quantitative estimate of drug-likeness (QED) is 0.777. The molecule has 0 bridgehead atoms. The van der Waals surface area contributed by atoms with E-state index in [2.05, 4.69) is 0 Å². The van der Waals surface area contributed by atoms with E-state index in [1.54, 1.807) is 25.1 Å². The maximum absolute atomic E-state index is 11.8. The van der Waals surface area contributed by atoms with E-state index in [4.69, 9.17) is 13.9 Å². The zero-order chi connectivity index (χ0) is 13.1.